The smallest absolute Gasteiger partial charge is 0.254 e. The average Bonchev–Trinajstić information content (AvgIpc) is 3.45. The van der Waals surface area contributed by atoms with Crippen LogP contribution in [-0.4, -0.2) is 52.9 Å². The maximum atomic E-state index is 13.5. The standard InChI is InChI=1S/C24H24FN3O/c25-18-9-7-17(8-10-18)23-15-21(20-5-1-2-6-22(20)26-23)24(29)28-14-11-19(16-28)27-12-3-4-13-27/h1-2,5-10,15,19H,3-4,11-14,16H2. The molecule has 0 bridgehead atoms. The van der Waals surface area contributed by atoms with Gasteiger partial charge in [0.25, 0.3) is 5.91 Å². The van der Waals surface area contributed by atoms with E-state index >= 15 is 0 Å². The third kappa shape index (κ3) is 3.51. The highest BCUT2D eigenvalue weighted by molar-refractivity contribution is 6.07. The maximum absolute atomic E-state index is 13.5. The number of nitrogens with zero attached hydrogens (tertiary/aromatic N) is 3. The SMILES string of the molecule is O=C(c1cc(-c2ccc(F)cc2)nc2ccccc12)N1CCC(N2CCCC2)C1. The number of hydrogen-bond acceptors (Lipinski definition) is 3. The highest BCUT2D eigenvalue weighted by Crippen LogP contribution is 2.28. The van der Waals surface area contributed by atoms with E-state index in [-0.39, 0.29) is 11.7 Å². The Morgan fingerprint density at radius 3 is 2.55 bits per heavy atom. The lowest BCUT2D eigenvalue weighted by Gasteiger charge is -2.24. The Kier molecular flexibility index (Phi) is 4.76. The molecule has 1 unspecified atom stereocenters. The topological polar surface area (TPSA) is 36.4 Å². The van der Waals surface area contributed by atoms with Crippen molar-refractivity contribution < 1.29 is 9.18 Å². The molecule has 0 spiro atoms. The summed E-state index contributed by atoms with van der Waals surface area (Å²) in [5.74, 6) is -0.218. The predicted molar refractivity (Wildman–Crippen MR) is 112 cm³/mol. The Hall–Kier alpha value is -2.79. The first-order chi connectivity index (χ1) is 14.2. The van der Waals surface area contributed by atoms with Crippen molar-refractivity contribution in [3.05, 3.63) is 66.0 Å². The van der Waals surface area contributed by atoms with Gasteiger partial charge in [0.15, 0.2) is 0 Å². The summed E-state index contributed by atoms with van der Waals surface area (Å²) in [5, 5.41) is 0.869. The zero-order chi connectivity index (χ0) is 19.8. The molecule has 1 aromatic heterocycles. The number of likely N-dealkylation sites (tertiary alicyclic amines) is 2. The van der Waals surface area contributed by atoms with Gasteiger partial charge in [0.05, 0.1) is 16.8 Å². The van der Waals surface area contributed by atoms with Gasteiger partial charge < -0.3 is 4.90 Å². The number of rotatable bonds is 3. The molecule has 0 aliphatic carbocycles. The minimum Gasteiger partial charge on any atom is -0.337 e. The summed E-state index contributed by atoms with van der Waals surface area (Å²) in [4.78, 5) is 22.7. The van der Waals surface area contributed by atoms with Gasteiger partial charge in [0.1, 0.15) is 5.82 Å². The molecule has 5 heteroatoms. The number of amides is 1. The van der Waals surface area contributed by atoms with E-state index in [4.69, 9.17) is 4.98 Å². The van der Waals surface area contributed by atoms with E-state index in [2.05, 4.69) is 4.90 Å². The first-order valence-corrected chi connectivity index (χ1v) is 10.4. The number of hydrogen-bond donors (Lipinski definition) is 0. The van der Waals surface area contributed by atoms with Gasteiger partial charge in [-0.25, -0.2) is 9.37 Å². The molecule has 2 fully saturated rings. The quantitative estimate of drug-likeness (QED) is 0.668. The van der Waals surface area contributed by atoms with Gasteiger partial charge in [-0.2, -0.15) is 0 Å². The number of aromatic nitrogens is 1. The van der Waals surface area contributed by atoms with Gasteiger partial charge in [0, 0.05) is 30.1 Å². The number of pyridine rings is 1. The first-order valence-electron chi connectivity index (χ1n) is 10.4. The Bertz CT molecular complexity index is 1040. The van der Waals surface area contributed by atoms with Crippen LogP contribution in [0, 0.1) is 5.82 Å². The molecule has 3 aromatic rings. The fourth-order valence-electron chi connectivity index (χ4n) is 4.62. The van der Waals surface area contributed by atoms with E-state index in [1.807, 2.05) is 35.2 Å². The minimum atomic E-state index is -0.282. The third-order valence-electron chi connectivity index (χ3n) is 6.19. The second kappa shape index (κ2) is 7.56. The molecule has 1 atom stereocenters. The normalized spacial score (nSPS) is 19.9. The van der Waals surface area contributed by atoms with E-state index in [9.17, 15) is 9.18 Å². The number of carbonyl (C=O) groups is 1. The Morgan fingerprint density at radius 1 is 1.00 bits per heavy atom. The molecule has 2 aliphatic heterocycles. The van der Waals surface area contributed by atoms with Gasteiger partial charge in [0.2, 0.25) is 0 Å². The number of benzene rings is 2. The van der Waals surface area contributed by atoms with Gasteiger partial charge in [-0.3, -0.25) is 9.69 Å². The van der Waals surface area contributed by atoms with Crippen molar-refractivity contribution >= 4 is 16.8 Å². The van der Waals surface area contributed by atoms with Crippen LogP contribution in [0.4, 0.5) is 4.39 Å². The number of para-hydroxylation sites is 1. The first kappa shape index (κ1) is 18.3. The van der Waals surface area contributed by atoms with Crippen LogP contribution in [0.15, 0.2) is 54.6 Å². The van der Waals surface area contributed by atoms with Crippen molar-refractivity contribution in [2.45, 2.75) is 25.3 Å². The zero-order valence-electron chi connectivity index (χ0n) is 16.4. The Morgan fingerprint density at radius 2 is 1.76 bits per heavy atom. The molecular formula is C24H24FN3O. The van der Waals surface area contributed by atoms with Crippen molar-refractivity contribution in [3.63, 3.8) is 0 Å². The van der Waals surface area contributed by atoms with Crippen molar-refractivity contribution in [2.24, 2.45) is 0 Å². The van der Waals surface area contributed by atoms with Crippen LogP contribution in [0.5, 0.6) is 0 Å². The lowest BCUT2D eigenvalue weighted by Crippen LogP contribution is -2.37. The van der Waals surface area contributed by atoms with Gasteiger partial charge >= 0.3 is 0 Å². The van der Waals surface area contributed by atoms with Crippen LogP contribution >= 0.6 is 0 Å². The van der Waals surface area contributed by atoms with E-state index in [0.29, 0.717) is 17.3 Å². The Labute approximate surface area is 170 Å². The molecule has 2 aliphatic rings. The second-order valence-electron chi connectivity index (χ2n) is 8.02. The molecule has 3 heterocycles. The predicted octanol–water partition coefficient (Wildman–Crippen LogP) is 4.35. The molecule has 1 amide bonds. The zero-order valence-corrected chi connectivity index (χ0v) is 16.4. The van der Waals surface area contributed by atoms with E-state index in [1.54, 1.807) is 12.1 Å². The molecular weight excluding hydrogens is 365 g/mol. The highest BCUT2D eigenvalue weighted by atomic mass is 19.1. The molecule has 4 nitrogen and oxygen atoms in total. The monoisotopic (exact) mass is 389 g/mol. The van der Waals surface area contributed by atoms with Crippen LogP contribution in [0.25, 0.3) is 22.2 Å². The summed E-state index contributed by atoms with van der Waals surface area (Å²) in [6.07, 6.45) is 3.57. The highest BCUT2D eigenvalue weighted by Gasteiger charge is 2.32. The molecule has 2 saturated heterocycles. The molecule has 148 valence electrons. The number of carbonyl (C=O) groups excluding carboxylic acids is 1. The molecule has 2 aromatic carbocycles. The molecule has 0 saturated carbocycles. The Balaban J connectivity index is 1.50. The number of halogens is 1. The van der Waals surface area contributed by atoms with Crippen LogP contribution in [-0.2, 0) is 0 Å². The summed E-state index contributed by atoms with van der Waals surface area (Å²) in [6.45, 7) is 3.89. The number of fused-ring (bicyclic) bond motifs is 1. The van der Waals surface area contributed by atoms with Gasteiger partial charge in [-0.1, -0.05) is 18.2 Å². The molecule has 29 heavy (non-hydrogen) atoms. The van der Waals surface area contributed by atoms with Crippen LogP contribution in [0.1, 0.15) is 29.6 Å². The van der Waals surface area contributed by atoms with Crippen molar-refractivity contribution in [3.8, 4) is 11.3 Å². The fourth-order valence-corrected chi connectivity index (χ4v) is 4.62. The van der Waals surface area contributed by atoms with E-state index in [1.165, 1.54) is 25.0 Å². The summed E-state index contributed by atoms with van der Waals surface area (Å²) < 4.78 is 13.3. The fraction of sp³-hybridized carbons (Fsp3) is 0.333. The van der Waals surface area contributed by atoms with Crippen LogP contribution in [0.3, 0.4) is 0 Å². The lowest BCUT2D eigenvalue weighted by molar-refractivity contribution is 0.0782. The average molecular weight is 389 g/mol. The van der Waals surface area contributed by atoms with E-state index in [0.717, 1.165) is 49.1 Å². The van der Waals surface area contributed by atoms with Crippen LogP contribution in [0.2, 0.25) is 0 Å². The summed E-state index contributed by atoms with van der Waals surface area (Å²) in [6, 6.07) is 16.4. The van der Waals surface area contributed by atoms with Crippen molar-refractivity contribution in [1.29, 1.82) is 0 Å². The summed E-state index contributed by atoms with van der Waals surface area (Å²) >= 11 is 0. The lowest BCUT2D eigenvalue weighted by atomic mass is 10.0. The second-order valence-corrected chi connectivity index (χ2v) is 8.02. The molecule has 5 rings (SSSR count). The third-order valence-corrected chi connectivity index (χ3v) is 6.19. The summed E-state index contributed by atoms with van der Waals surface area (Å²) in [5.41, 5.74) is 2.97. The molecule has 0 N–H and O–H groups in total. The largest absolute Gasteiger partial charge is 0.337 e. The van der Waals surface area contributed by atoms with Gasteiger partial charge in [-0.05, 0) is 68.8 Å². The molecule has 0 radical (unpaired) electrons. The van der Waals surface area contributed by atoms with E-state index < -0.39 is 0 Å². The van der Waals surface area contributed by atoms with Gasteiger partial charge in [-0.15, -0.1) is 0 Å². The van der Waals surface area contributed by atoms with Crippen molar-refractivity contribution in [2.75, 3.05) is 26.2 Å². The minimum absolute atomic E-state index is 0.0636. The van der Waals surface area contributed by atoms with Crippen molar-refractivity contribution in [1.82, 2.24) is 14.8 Å². The maximum Gasteiger partial charge on any atom is 0.254 e. The van der Waals surface area contributed by atoms with Crippen LogP contribution < -0.4 is 0 Å². The summed E-state index contributed by atoms with van der Waals surface area (Å²) in [7, 11) is 0.